The van der Waals surface area contributed by atoms with Gasteiger partial charge in [0.05, 0.1) is 4.92 Å². The van der Waals surface area contributed by atoms with Gasteiger partial charge in [-0.2, -0.15) is 0 Å². The van der Waals surface area contributed by atoms with Crippen molar-refractivity contribution < 1.29 is 14.8 Å². The lowest BCUT2D eigenvalue weighted by molar-refractivity contribution is -0.420. The summed E-state index contributed by atoms with van der Waals surface area (Å²) >= 11 is 0. The molecule has 0 fully saturated rings. The van der Waals surface area contributed by atoms with Gasteiger partial charge in [0.25, 0.3) is 5.70 Å². The summed E-state index contributed by atoms with van der Waals surface area (Å²) in [5, 5.41) is 22.5. The molecule has 2 N–H and O–H groups in total. The predicted octanol–water partition coefficient (Wildman–Crippen LogP) is 0.378. The predicted molar refractivity (Wildman–Crippen MR) is 53.4 cm³/mol. The number of aliphatic hydroxyl groups excluding tert-OH is 1. The molecule has 0 aromatic heterocycles. The molecule has 0 aromatic carbocycles. The molecule has 0 radical (unpaired) electrons. The number of allylic oxidation sites excluding steroid dienone is 1. The maximum absolute atomic E-state index is 10.6. The number of nitrogens with zero attached hydrogens (tertiary/aromatic N) is 1. The van der Waals surface area contributed by atoms with Crippen molar-refractivity contribution >= 4 is 0 Å². The molecule has 0 saturated carbocycles. The van der Waals surface area contributed by atoms with Crippen molar-refractivity contribution in [2.45, 2.75) is 25.3 Å². The van der Waals surface area contributed by atoms with E-state index in [1.54, 1.807) is 6.08 Å². The summed E-state index contributed by atoms with van der Waals surface area (Å²) in [7, 11) is 1.43. The fourth-order valence-corrected chi connectivity index (χ4v) is 1.47. The molecule has 84 valence electrons. The number of ether oxygens (including phenoxy) is 1. The van der Waals surface area contributed by atoms with Gasteiger partial charge in [-0.05, 0) is 6.92 Å². The van der Waals surface area contributed by atoms with Crippen LogP contribution in [0.3, 0.4) is 0 Å². The largest absolute Gasteiger partial charge is 0.379 e. The van der Waals surface area contributed by atoms with Crippen LogP contribution in [0.5, 0.6) is 0 Å². The van der Waals surface area contributed by atoms with Gasteiger partial charge in [-0.1, -0.05) is 6.08 Å². The molecule has 0 heterocycles. The first kappa shape index (κ1) is 11.8. The quantitative estimate of drug-likeness (QED) is 0.401. The summed E-state index contributed by atoms with van der Waals surface area (Å²) in [6.45, 7) is 1.53. The lowest BCUT2D eigenvalue weighted by Gasteiger charge is -2.31. The Kier molecular flexibility index (Phi) is 3.57. The van der Waals surface area contributed by atoms with Gasteiger partial charge in [0.15, 0.2) is 0 Å². The van der Waals surface area contributed by atoms with Crippen LogP contribution in [-0.2, 0) is 4.74 Å². The Labute approximate surface area is 87.4 Å². The number of methoxy groups -OCH3 is 1. The fraction of sp³-hybridized carbons (Fsp3) is 0.556. The van der Waals surface area contributed by atoms with Crippen LogP contribution < -0.4 is 5.32 Å². The lowest BCUT2D eigenvalue weighted by atomic mass is 10.0. The molecule has 1 rings (SSSR count). The number of aliphatic hydroxyl groups is 1. The van der Waals surface area contributed by atoms with Crippen LogP contribution in [0.15, 0.2) is 23.9 Å². The average molecular weight is 214 g/mol. The van der Waals surface area contributed by atoms with E-state index in [2.05, 4.69) is 5.32 Å². The third kappa shape index (κ3) is 2.85. The number of hydrogen-bond acceptors (Lipinski definition) is 5. The summed E-state index contributed by atoms with van der Waals surface area (Å²) in [6.07, 6.45) is 4.05. The van der Waals surface area contributed by atoms with Gasteiger partial charge in [-0.3, -0.25) is 15.4 Å². The highest BCUT2D eigenvalue weighted by Gasteiger charge is 2.32. The molecule has 0 saturated heterocycles. The standard InChI is InChI=1S/C9H14N2O4/c1-7(12)10-9(15-2)5-3-4-8(6-9)11(13)14/h3-4,6-7,10,12H,5H2,1-2H3. The van der Waals surface area contributed by atoms with E-state index < -0.39 is 16.9 Å². The number of nitrogens with one attached hydrogen (secondary N) is 1. The van der Waals surface area contributed by atoms with Crippen LogP contribution in [-0.4, -0.2) is 29.1 Å². The van der Waals surface area contributed by atoms with Gasteiger partial charge >= 0.3 is 0 Å². The van der Waals surface area contributed by atoms with Gasteiger partial charge < -0.3 is 9.84 Å². The molecule has 0 spiro atoms. The first-order chi connectivity index (χ1) is 6.99. The van der Waals surface area contributed by atoms with Crippen LogP contribution >= 0.6 is 0 Å². The summed E-state index contributed by atoms with van der Waals surface area (Å²) in [4.78, 5) is 10.1. The first-order valence-corrected chi connectivity index (χ1v) is 4.54. The van der Waals surface area contributed by atoms with E-state index in [0.717, 1.165) is 0 Å². The van der Waals surface area contributed by atoms with Gasteiger partial charge in [0.2, 0.25) is 0 Å². The second-order valence-corrected chi connectivity index (χ2v) is 3.35. The van der Waals surface area contributed by atoms with Crippen molar-refractivity contribution in [2.75, 3.05) is 7.11 Å². The smallest absolute Gasteiger partial charge is 0.269 e. The Balaban J connectivity index is 2.92. The van der Waals surface area contributed by atoms with Gasteiger partial charge in [0.1, 0.15) is 12.0 Å². The summed E-state index contributed by atoms with van der Waals surface area (Å²) in [6, 6.07) is 0. The third-order valence-electron chi connectivity index (χ3n) is 2.12. The van der Waals surface area contributed by atoms with Crippen molar-refractivity contribution in [1.29, 1.82) is 0 Å². The second kappa shape index (κ2) is 4.52. The molecule has 1 aliphatic carbocycles. The Hall–Kier alpha value is -1.24. The molecule has 6 heteroatoms. The Morgan fingerprint density at radius 1 is 1.80 bits per heavy atom. The van der Waals surface area contributed by atoms with Crippen LogP contribution in [0.25, 0.3) is 0 Å². The Morgan fingerprint density at radius 2 is 2.47 bits per heavy atom. The molecule has 2 atom stereocenters. The minimum absolute atomic E-state index is 0.0451. The highest BCUT2D eigenvalue weighted by molar-refractivity contribution is 5.23. The monoisotopic (exact) mass is 214 g/mol. The average Bonchev–Trinajstić information content (AvgIpc) is 2.17. The Morgan fingerprint density at radius 3 is 2.93 bits per heavy atom. The highest BCUT2D eigenvalue weighted by atomic mass is 16.6. The fourth-order valence-electron chi connectivity index (χ4n) is 1.47. The summed E-state index contributed by atoms with van der Waals surface area (Å²) < 4.78 is 5.17. The first-order valence-electron chi connectivity index (χ1n) is 4.54. The molecule has 15 heavy (non-hydrogen) atoms. The van der Waals surface area contributed by atoms with Crippen molar-refractivity contribution in [2.24, 2.45) is 0 Å². The maximum atomic E-state index is 10.6. The minimum Gasteiger partial charge on any atom is -0.379 e. The Bertz CT molecular complexity index is 311. The maximum Gasteiger partial charge on any atom is 0.269 e. The summed E-state index contributed by atoms with van der Waals surface area (Å²) in [5.74, 6) is 0. The number of rotatable bonds is 4. The number of nitro groups is 1. The van der Waals surface area contributed by atoms with Crippen molar-refractivity contribution in [3.63, 3.8) is 0 Å². The van der Waals surface area contributed by atoms with Crippen molar-refractivity contribution in [3.8, 4) is 0 Å². The minimum atomic E-state index is -0.995. The molecule has 0 bridgehead atoms. The van der Waals surface area contributed by atoms with Gasteiger partial charge in [-0.15, -0.1) is 0 Å². The van der Waals surface area contributed by atoms with E-state index in [4.69, 9.17) is 4.74 Å². The molecular weight excluding hydrogens is 200 g/mol. The van der Waals surface area contributed by atoms with Gasteiger partial charge in [0, 0.05) is 25.7 Å². The molecular formula is C9H14N2O4. The molecule has 1 aliphatic rings. The molecule has 2 unspecified atom stereocenters. The zero-order chi connectivity index (χ0) is 11.5. The van der Waals surface area contributed by atoms with Crippen LogP contribution in [0.2, 0.25) is 0 Å². The van der Waals surface area contributed by atoms with E-state index in [1.165, 1.54) is 26.2 Å². The third-order valence-corrected chi connectivity index (χ3v) is 2.12. The van der Waals surface area contributed by atoms with Crippen LogP contribution in [0, 0.1) is 10.1 Å². The zero-order valence-corrected chi connectivity index (χ0v) is 8.64. The lowest BCUT2D eigenvalue weighted by Crippen LogP contribution is -2.50. The van der Waals surface area contributed by atoms with Crippen molar-refractivity contribution in [1.82, 2.24) is 5.32 Å². The van der Waals surface area contributed by atoms with Crippen LogP contribution in [0.4, 0.5) is 0 Å². The zero-order valence-electron chi connectivity index (χ0n) is 8.64. The van der Waals surface area contributed by atoms with E-state index in [-0.39, 0.29) is 5.70 Å². The van der Waals surface area contributed by atoms with Crippen molar-refractivity contribution in [3.05, 3.63) is 34.0 Å². The molecule has 0 aliphatic heterocycles. The van der Waals surface area contributed by atoms with E-state index in [9.17, 15) is 15.2 Å². The van der Waals surface area contributed by atoms with E-state index in [1.807, 2.05) is 0 Å². The highest BCUT2D eigenvalue weighted by Crippen LogP contribution is 2.22. The molecule has 0 aromatic rings. The molecule has 0 amide bonds. The SMILES string of the molecule is COC1(NC(C)O)C=C([N+](=O)[O-])C=CC1. The second-order valence-electron chi connectivity index (χ2n) is 3.35. The van der Waals surface area contributed by atoms with Crippen LogP contribution in [0.1, 0.15) is 13.3 Å². The van der Waals surface area contributed by atoms with E-state index >= 15 is 0 Å². The topological polar surface area (TPSA) is 84.6 Å². The molecule has 6 nitrogen and oxygen atoms in total. The number of hydrogen-bond donors (Lipinski definition) is 2. The summed E-state index contributed by atoms with van der Waals surface area (Å²) in [5.41, 5.74) is -1.04. The normalized spacial score (nSPS) is 27.3. The van der Waals surface area contributed by atoms with Gasteiger partial charge in [-0.25, -0.2) is 0 Å². The van der Waals surface area contributed by atoms with E-state index in [0.29, 0.717) is 6.42 Å².